The summed E-state index contributed by atoms with van der Waals surface area (Å²) >= 11 is 0. The lowest BCUT2D eigenvalue weighted by molar-refractivity contribution is 0.0691. The Morgan fingerprint density at radius 1 is 1.03 bits per heavy atom. The molecule has 1 atom stereocenters. The number of amides is 1. The second-order valence-corrected chi connectivity index (χ2v) is 7.23. The third-order valence-corrected chi connectivity index (χ3v) is 5.51. The van der Waals surface area contributed by atoms with Crippen LogP contribution in [0, 0.1) is 5.82 Å². The van der Waals surface area contributed by atoms with Gasteiger partial charge in [-0.3, -0.25) is 9.78 Å². The normalized spacial score (nSPS) is 15.6. The zero-order valence-electron chi connectivity index (χ0n) is 16.1. The number of pyridine rings is 1. The standard InChI is InChI=1S/C24H19FN4O/c25-20-10-4-3-8-18(20)17-7-1-2-9-19(17)24(30)29-13-11-21-22(28-15-27-21)23(29)16-6-5-12-26-14-16/h1-10,12,14-15,23H,11,13H2,(H,27,28). The van der Waals surface area contributed by atoms with Crippen LogP contribution in [0.15, 0.2) is 79.4 Å². The van der Waals surface area contributed by atoms with Crippen molar-refractivity contribution in [2.45, 2.75) is 12.5 Å². The number of hydrogen-bond donors (Lipinski definition) is 1. The van der Waals surface area contributed by atoms with Crippen molar-refractivity contribution in [3.05, 3.63) is 108 Å². The van der Waals surface area contributed by atoms with E-state index < -0.39 is 0 Å². The second-order valence-electron chi connectivity index (χ2n) is 7.23. The van der Waals surface area contributed by atoms with E-state index in [-0.39, 0.29) is 17.8 Å². The van der Waals surface area contributed by atoms with E-state index in [4.69, 9.17) is 0 Å². The lowest BCUT2D eigenvalue weighted by atomic mass is 9.93. The van der Waals surface area contributed by atoms with Gasteiger partial charge in [0, 0.05) is 42.2 Å². The molecule has 0 fully saturated rings. The molecular weight excluding hydrogens is 379 g/mol. The summed E-state index contributed by atoms with van der Waals surface area (Å²) in [7, 11) is 0. The van der Waals surface area contributed by atoms with Crippen molar-refractivity contribution in [2.24, 2.45) is 0 Å². The number of halogens is 1. The molecule has 30 heavy (non-hydrogen) atoms. The molecule has 5 rings (SSSR count). The number of carbonyl (C=O) groups excluding carboxylic acids is 1. The number of carbonyl (C=O) groups is 1. The second kappa shape index (κ2) is 7.55. The van der Waals surface area contributed by atoms with Crippen LogP contribution >= 0.6 is 0 Å². The van der Waals surface area contributed by atoms with Crippen LogP contribution in [-0.2, 0) is 6.42 Å². The molecule has 0 bridgehead atoms. The number of aromatic nitrogens is 3. The number of aromatic amines is 1. The quantitative estimate of drug-likeness (QED) is 0.556. The Morgan fingerprint density at radius 3 is 2.63 bits per heavy atom. The summed E-state index contributed by atoms with van der Waals surface area (Å²) in [5, 5.41) is 0. The van der Waals surface area contributed by atoms with Crippen molar-refractivity contribution in [1.82, 2.24) is 19.9 Å². The SMILES string of the molecule is O=C(c1ccccc1-c1ccccc1F)N1CCc2[nH]cnc2C1c1cccnc1. The summed E-state index contributed by atoms with van der Waals surface area (Å²) in [6.07, 6.45) is 5.81. The van der Waals surface area contributed by atoms with Gasteiger partial charge in [0.2, 0.25) is 0 Å². The van der Waals surface area contributed by atoms with E-state index in [2.05, 4.69) is 15.0 Å². The van der Waals surface area contributed by atoms with Gasteiger partial charge in [0.15, 0.2) is 0 Å². The predicted octanol–water partition coefficient (Wildman–Crippen LogP) is 4.40. The summed E-state index contributed by atoms with van der Waals surface area (Å²) in [6, 6.07) is 17.1. The average Bonchev–Trinajstić information content (AvgIpc) is 3.28. The van der Waals surface area contributed by atoms with Crippen LogP contribution < -0.4 is 0 Å². The first-order chi connectivity index (χ1) is 14.7. The smallest absolute Gasteiger partial charge is 0.255 e. The monoisotopic (exact) mass is 398 g/mol. The van der Waals surface area contributed by atoms with Crippen LogP contribution in [0.3, 0.4) is 0 Å². The van der Waals surface area contributed by atoms with Gasteiger partial charge in [-0.05, 0) is 29.3 Å². The minimum absolute atomic E-state index is 0.156. The molecule has 5 nitrogen and oxygen atoms in total. The van der Waals surface area contributed by atoms with Crippen LogP contribution in [0.2, 0.25) is 0 Å². The lowest BCUT2D eigenvalue weighted by Gasteiger charge is -2.35. The first-order valence-electron chi connectivity index (χ1n) is 9.81. The van der Waals surface area contributed by atoms with E-state index in [1.807, 2.05) is 18.2 Å². The molecule has 0 saturated carbocycles. The molecule has 1 amide bonds. The molecule has 1 unspecified atom stereocenters. The predicted molar refractivity (Wildman–Crippen MR) is 111 cm³/mol. The highest BCUT2D eigenvalue weighted by atomic mass is 19.1. The molecule has 0 aliphatic carbocycles. The van der Waals surface area contributed by atoms with Gasteiger partial charge in [-0.1, -0.05) is 42.5 Å². The molecule has 1 N–H and O–H groups in total. The maximum Gasteiger partial charge on any atom is 0.255 e. The number of hydrogen-bond acceptors (Lipinski definition) is 3. The van der Waals surface area contributed by atoms with Crippen LogP contribution in [0.4, 0.5) is 4.39 Å². The van der Waals surface area contributed by atoms with Crippen molar-refractivity contribution >= 4 is 5.91 Å². The van der Waals surface area contributed by atoms with Gasteiger partial charge in [0.1, 0.15) is 11.9 Å². The summed E-state index contributed by atoms with van der Waals surface area (Å²) in [5.74, 6) is -0.508. The third kappa shape index (κ3) is 3.06. The van der Waals surface area contributed by atoms with E-state index in [0.717, 1.165) is 17.0 Å². The highest BCUT2D eigenvalue weighted by Crippen LogP contribution is 2.36. The Labute approximate surface area is 173 Å². The number of imidazole rings is 1. The average molecular weight is 398 g/mol. The molecule has 0 radical (unpaired) electrons. The third-order valence-electron chi connectivity index (χ3n) is 5.51. The number of benzene rings is 2. The Hall–Kier alpha value is -3.80. The number of H-pyrrole nitrogens is 1. The summed E-state index contributed by atoms with van der Waals surface area (Å²) in [5.41, 5.74) is 4.20. The van der Waals surface area contributed by atoms with Crippen molar-refractivity contribution in [2.75, 3.05) is 6.54 Å². The Bertz CT molecular complexity index is 1200. The molecule has 3 heterocycles. The van der Waals surface area contributed by atoms with Crippen LogP contribution in [0.1, 0.15) is 33.4 Å². The van der Waals surface area contributed by atoms with Gasteiger partial charge in [-0.2, -0.15) is 0 Å². The fourth-order valence-electron chi connectivity index (χ4n) is 4.11. The number of nitrogens with one attached hydrogen (secondary N) is 1. The van der Waals surface area contributed by atoms with Gasteiger partial charge in [0.25, 0.3) is 5.91 Å². The van der Waals surface area contributed by atoms with Crippen molar-refractivity contribution in [3.63, 3.8) is 0 Å². The number of rotatable bonds is 3. The van der Waals surface area contributed by atoms with Crippen molar-refractivity contribution in [1.29, 1.82) is 0 Å². The molecule has 148 valence electrons. The minimum atomic E-state index is -0.352. The van der Waals surface area contributed by atoms with E-state index in [9.17, 15) is 9.18 Å². The minimum Gasteiger partial charge on any atom is -0.348 e. The zero-order valence-corrected chi connectivity index (χ0v) is 16.1. The fraction of sp³-hybridized carbons (Fsp3) is 0.125. The fourth-order valence-corrected chi connectivity index (χ4v) is 4.11. The molecule has 1 aliphatic rings. The molecule has 1 aliphatic heterocycles. The largest absolute Gasteiger partial charge is 0.348 e. The van der Waals surface area contributed by atoms with Crippen molar-refractivity contribution in [3.8, 4) is 11.1 Å². The molecule has 2 aromatic heterocycles. The van der Waals surface area contributed by atoms with Crippen LogP contribution in [0.25, 0.3) is 11.1 Å². The molecule has 0 saturated heterocycles. The van der Waals surface area contributed by atoms with E-state index in [1.165, 1.54) is 6.07 Å². The van der Waals surface area contributed by atoms with Gasteiger partial charge < -0.3 is 9.88 Å². The first kappa shape index (κ1) is 18.2. The summed E-state index contributed by atoms with van der Waals surface area (Å²) in [4.78, 5) is 27.5. The Balaban J connectivity index is 1.61. The topological polar surface area (TPSA) is 61.9 Å². The molecule has 4 aromatic rings. The maximum absolute atomic E-state index is 14.5. The Kier molecular flexibility index (Phi) is 4.59. The van der Waals surface area contributed by atoms with E-state index in [0.29, 0.717) is 29.7 Å². The number of fused-ring (bicyclic) bond motifs is 1. The Morgan fingerprint density at radius 2 is 1.83 bits per heavy atom. The van der Waals surface area contributed by atoms with E-state index in [1.54, 1.807) is 60.0 Å². The van der Waals surface area contributed by atoms with Crippen LogP contribution in [0.5, 0.6) is 0 Å². The van der Waals surface area contributed by atoms with Gasteiger partial charge in [-0.25, -0.2) is 9.37 Å². The zero-order chi connectivity index (χ0) is 20.5. The first-order valence-corrected chi connectivity index (χ1v) is 9.81. The molecule has 6 heteroatoms. The highest BCUT2D eigenvalue weighted by molar-refractivity contribution is 6.01. The van der Waals surface area contributed by atoms with E-state index >= 15 is 0 Å². The van der Waals surface area contributed by atoms with Crippen molar-refractivity contribution < 1.29 is 9.18 Å². The van der Waals surface area contributed by atoms with Gasteiger partial charge >= 0.3 is 0 Å². The van der Waals surface area contributed by atoms with Crippen LogP contribution in [-0.4, -0.2) is 32.3 Å². The highest BCUT2D eigenvalue weighted by Gasteiger charge is 2.35. The lowest BCUT2D eigenvalue weighted by Crippen LogP contribution is -2.41. The molecule has 0 spiro atoms. The molecular formula is C24H19FN4O. The van der Waals surface area contributed by atoms with Gasteiger partial charge in [-0.15, -0.1) is 0 Å². The summed E-state index contributed by atoms with van der Waals surface area (Å²) < 4.78 is 14.5. The maximum atomic E-state index is 14.5. The summed E-state index contributed by atoms with van der Waals surface area (Å²) in [6.45, 7) is 0.527. The van der Waals surface area contributed by atoms with Gasteiger partial charge in [0.05, 0.1) is 12.0 Å². The number of nitrogens with zero attached hydrogens (tertiary/aromatic N) is 3. The molecule has 2 aromatic carbocycles.